The van der Waals surface area contributed by atoms with Crippen LogP contribution in [0.4, 0.5) is 11.4 Å². The minimum absolute atomic E-state index is 0.0211. The van der Waals surface area contributed by atoms with Gasteiger partial charge in [0, 0.05) is 5.02 Å². The first-order valence-electron chi connectivity index (χ1n) is 6.10. The van der Waals surface area contributed by atoms with Crippen molar-refractivity contribution in [1.29, 1.82) is 0 Å². The van der Waals surface area contributed by atoms with Crippen LogP contribution >= 0.6 is 11.6 Å². The van der Waals surface area contributed by atoms with Crippen molar-refractivity contribution >= 4 is 33.0 Å². The van der Waals surface area contributed by atoms with Crippen LogP contribution in [-0.2, 0) is 16.4 Å². The van der Waals surface area contributed by atoms with E-state index in [4.69, 9.17) is 17.3 Å². The number of benzene rings is 2. The number of aryl methyl sites for hydroxylation is 1. The van der Waals surface area contributed by atoms with Crippen LogP contribution < -0.4 is 10.5 Å². The van der Waals surface area contributed by atoms with Gasteiger partial charge in [-0.2, -0.15) is 0 Å². The molecule has 0 fully saturated rings. The number of nitrogens with one attached hydrogen (secondary N) is 1. The number of rotatable bonds is 4. The molecule has 0 spiro atoms. The van der Waals surface area contributed by atoms with Gasteiger partial charge in [0.1, 0.15) is 4.90 Å². The SMILES string of the molecule is CCc1ccccc1NS(=O)(=O)c1ccc(Cl)cc1N. The molecule has 2 rings (SSSR count). The Morgan fingerprint density at radius 1 is 1.20 bits per heavy atom. The van der Waals surface area contributed by atoms with Crippen LogP contribution in [0.25, 0.3) is 0 Å². The molecule has 0 aliphatic heterocycles. The first kappa shape index (κ1) is 14.7. The number of para-hydroxylation sites is 1. The summed E-state index contributed by atoms with van der Waals surface area (Å²) < 4.78 is 27.3. The van der Waals surface area contributed by atoms with Gasteiger partial charge in [0.2, 0.25) is 0 Å². The van der Waals surface area contributed by atoms with Crippen LogP contribution in [0, 0.1) is 0 Å². The number of nitrogens with two attached hydrogens (primary N) is 1. The maximum Gasteiger partial charge on any atom is 0.263 e. The first-order valence-corrected chi connectivity index (χ1v) is 7.96. The molecular weight excluding hydrogens is 296 g/mol. The number of hydrogen-bond donors (Lipinski definition) is 2. The van der Waals surface area contributed by atoms with Crippen molar-refractivity contribution < 1.29 is 8.42 Å². The Kier molecular flexibility index (Phi) is 4.20. The van der Waals surface area contributed by atoms with E-state index < -0.39 is 10.0 Å². The summed E-state index contributed by atoms with van der Waals surface area (Å²) in [7, 11) is -3.73. The lowest BCUT2D eigenvalue weighted by molar-refractivity contribution is 0.601. The smallest absolute Gasteiger partial charge is 0.263 e. The Bertz CT molecular complexity index is 730. The summed E-state index contributed by atoms with van der Waals surface area (Å²) in [4.78, 5) is 0.0211. The lowest BCUT2D eigenvalue weighted by Crippen LogP contribution is -2.15. The van der Waals surface area contributed by atoms with Gasteiger partial charge in [0.15, 0.2) is 0 Å². The quantitative estimate of drug-likeness (QED) is 0.851. The Morgan fingerprint density at radius 3 is 2.55 bits per heavy atom. The third-order valence-corrected chi connectivity index (χ3v) is 4.58. The zero-order chi connectivity index (χ0) is 14.8. The number of sulfonamides is 1. The van der Waals surface area contributed by atoms with Crippen molar-refractivity contribution in [3.8, 4) is 0 Å². The molecule has 106 valence electrons. The van der Waals surface area contributed by atoms with E-state index >= 15 is 0 Å². The lowest BCUT2D eigenvalue weighted by atomic mass is 10.1. The van der Waals surface area contributed by atoms with Crippen molar-refractivity contribution in [2.24, 2.45) is 0 Å². The molecule has 20 heavy (non-hydrogen) atoms. The maximum absolute atomic E-state index is 12.4. The summed E-state index contributed by atoms with van der Waals surface area (Å²) in [6, 6.07) is 11.6. The Balaban J connectivity index is 2.41. The maximum atomic E-state index is 12.4. The Morgan fingerprint density at radius 2 is 1.90 bits per heavy atom. The zero-order valence-electron chi connectivity index (χ0n) is 10.9. The van der Waals surface area contributed by atoms with E-state index in [1.54, 1.807) is 12.1 Å². The molecule has 0 amide bonds. The predicted octanol–water partition coefficient (Wildman–Crippen LogP) is 3.29. The number of anilines is 2. The molecule has 0 aliphatic rings. The van der Waals surface area contributed by atoms with Gasteiger partial charge < -0.3 is 5.73 Å². The minimum atomic E-state index is -3.73. The van der Waals surface area contributed by atoms with Gasteiger partial charge in [-0.15, -0.1) is 0 Å². The summed E-state index contributed by atoms with van der Waals surface area (Å²) in [5.41, 5.74) is 7.33. The number of hydrogen-bond acceptors (Lipinski definition) is 3. The molecule has 0 heterocycles. The minimum Gasteiger partial charge on any atom is -0.398 e. The third kappa shape index (κ3) is 3.05. The van der Waals surface area contributed by atoms with Crippen molar-refractivity contribution in [1.82, 2.24) is 0 Å². The highest BCUT2D eigenvalue weighted by Crippen LogP contribution is 2.26. The second-order valence-electron chi connectivity index (χ2n) is 4.30. The van der Waals surface area contributed by atoms with Crippen molar-refractivity contribution in [3.63, 3.8) is 0 Å². The molecule has 2 aromatic rings. The fourth-order valence-corrected chi connectivity index (χ4v) is 3.29. The standard InChI is InChI=1S/C14H15ClN2O2S/c1-2-10-5-3-4-6-13(10)17-20(18,19)14-8-7-11(15)9-12(14)16/h3-9,17H,2,16H2,1H3. The van der Waals surface area contributed by atoms with Gasteiger partial charge in [-0.1, -0.05) is 36.7 Å². The fraction of sp³-hybridized carbons (Fsp3) is 0.143. The number of halogens is 1. The average molecular weight is 311 g/mol. The van der Waals surface area contributed by atoms with Crippen LogP contribution in [0.15, 0.2) is 47.4 Å². The molecule has 0 saturated heterocycles. The monoisotopic (exact) mass is 310 g/mol. The summed E-state index contributed by atoms with van der Waals surface area (Å²) in [6.45, 7) is 1.96. The van der Waals surface area contributed by atoms with Crippen LogP contribution in [0.5, 0.6) is 0 Å². The molecule has 0 atom stereocenters. The van der Waals surface area contributed by atoms with Crippen LogP contribution in [-0.4, -0.2) is 8.42 Å². The van der Waals surface area contributed by atoms with E-state index in [1.807, 2.05) is 19.1 Å². The predicted molar refractivity (Wildman–Crippen MR) is 82.5 cm³/mol. The summed E-state index contributed by atoms with van der Waals surface area (Å²) in [5.74, 6) is 0. The topological polar surface area (TPSA) is 72.2 Å². The van der Waals surface area contributed by atoms with Crippen LogP contribution in [0.1, 0.15) is 12.5 Å². The van der Waals surface area contributed by atoms with Gasteiger partial charge in [-0.05, 0) is 36.2 Å². The highest BCUT2D eigenvalue weighted by atomic mass is 35.5. The second-order valence-corrected chi connectivity index (χ2v) is 6.39. The Labute approximate surface area is 123 Å². The largest absolute Gasteiger partial charge is 0.398 e. The highest BCUT2D eigenvalue weighted by molar-refractivity contribution is 7.92. The second kappa shape index (κ2) is 5.73. The van der Waals surface area contributed by atoms with E-state index in [0.717, 1.165) is 12.0 Å². The van der Waals surface area contributed by atoms with Gasteiger partial charge >= 0.3 is 0 Å². The summed E-state index contributed by atoms with van der Waals surface area (Å²) >= 11 is 5.78. The average Bonchev–Trinajstić information content (AvgIpc) is 2.38. The van der Waals surface area contributed by atoms with Crippen LogP contribution in [0.3, 0.4) is 0 Å². The van der Waals surface area contributed by atoms with E-state index in [2.05, 4.69) is 4.72 Å². The van der Waals surface area contributed by atoms with E-state index in [0.29, 0.717) is 10.7 Å². The molecule has 2 aromatic carbocycles. The molecule has 4 nitrogen and oxygen atoms in total. The molecule has 3 N–H and O–H groups in total. The molecule has 0 bridgehead atoms. The van der Waals surface area contributed by atoms with Gasteiger partial charge in [0.05, 0.1) is 11.4 Å². The summed E-state index contributed by atoms with van der Waals surface area (Å²) in [6.07, 6.45) is 0.731. The molecule has 6 heteroatoms. The number of nitrogen functional groups attached to an aromatic ring is 1. The lowest BCUT2D eigenvalue weighted by Gasteiger charge is -2.13. The molecule has 0 unspecified atom stereocenters. The highest BCUT2D eigenvalue weighted by Gasteiger charge is 2.18. The molecule has 0 aliphatic carbocycles. The molecule has 0 radical (unpaired) electrons. The van der Waals surface area contributed by atoms with E-state index in [1.165, 1.54) is 18.2 Å². The van der Waals surface area contributed by atoms with Crippen molar-refractivity contribution in [2.45, 2.75) is 18.2 Å². The van der Waals surface area contributed by atoms with Gasteiger partial charge in [-0.25, -0.2) is 8.42 Å². The third-order valence-electron chi connectivity index (χ3n) is 2.90. The zero-order valence-corrected chi connectivity index (χ0v) is 12.5. The van der Waals surface area contributed by atoms with Crippen molar-refractivity contribution in [3.05, 3.63) is 53.1 Å². The normalized spacial score (nSPS) is 11.3. The molecule has 0 saturated carbocycles. The van der Waals surface area contributed by atoms with Gasteiger partial charge in [-0.3, -0.25) is 4.72 Å². The molecule has 0 aromatic heterocycles. The van der Waals surface area contributed by atoms with Gasteiger partial charge in [0.25, 0.3) is 10.0 Å². The van der Waals surface area contributed by atoms with Crippen LogP contribution in [0.2, 0.25) is 5.02 Å². The molecular formula is C14H15ClN2O2S. The van der Waals surface area contributed by atoms with E-state index in [-0.39, 0.29) is 10.6 Å². The Hall–Kier alpha value is -1.72. The fourth-order valence-electron chi connectivity index (χ4n) is 1.89. The summed E-state index contributed by atoms with van der Waals surface area (Å²) in [5, 5.41) is 0.399. The first-order chi connectivity index (χ1) is 9.44. The van der Waals surface area contributed by atoms with Crippen molar-refractivity contribution in [2.75, 3.05) is 10.5 Å². The van der Waals surface area contributed by atoms with E-state index in [9.17, 15) is 8.42 Å².